The lowest BCUT2D eigenvalue weighted by Gasteiger charge is -2.13. The molecule has 0 saturated heterocycles. The van der Waals surface area contributed by atoms with Gasteiger partial charge in [-0.2, -0.15) is 0 Å². The van der Waals surface area contributed by atoms with Crippen LogP contribution in [0.3, 0.4) is 0 Å². The second-order valence-corrected chi connectivity index (χ2v) is 5.87. The lowest BCUT2D eigenvalue weighted by molar-refractivity contribution is -0.116. The Morgan fingerprint density at radius 2 is 1.86 bits per heavy atom. The molecule has 0 radical (unpaired) electrons. The topological polar surface area (TPSA) is 55.1 Å². The van der Waals surface area contributed by atoms with Gasteiger partial charge in [-0.3, -0.25) is 4.79 Å². The highest BCUT2D eigenvalue weighted by molar-refractivity contribution is 7.98. The van der Waals surface area contributed by atoms with Crippen LogP contribution in [-0.2, 0) is 4.79 Å². The number of nitrogen functional groups attached to an aromatic ring is 1. The van der Waals surface area contributed by atoms with Crippen LogP contribution in [0.5, 0.6) is 0 Å². The van der Waals surface area contributed by atoms with Crippen LogP contribution in [0.1, 0.15) is 24.8 Å². The quantitative estimate of drug-likeness (QED) is 0.645. The van der Waals surface area contributed by atoms with Gasteiger partial charge in [0.25, 0.3) is 0 Å². The summed E-state index contributed by atoms with van der Waals surface area (Å²) >= 11 is 1.63. The molecule has 2 aromatic rings. The van der Waals surface area contributed by atoms with E-state index in [0.29, 0.717) is 6.42 Å². The van der Waals surface area contributed by atoms with Gasteiger partial charge in [0.05, 0.1) is 5.69 Å². The van der Waals surface area contributed by atoms with E-state index in [1.165, 1.54) is 0 Å². The van der Waals surface area contributed by atoms with Gasteiger partial charge in [-0.25, -0.2) is 0 Å². The molecule has 2 rings (SSSR count). The number of para-hydroxylation sites is 1. The van der Waals surface area contributed by atoms with E-state index in [2.05, 4.69) is 5.32 Å². The van der Waals surface area contributed by atoms with Crippen LogP contribution in [0.2, 0.25) is 0 Å². The second kappa shape index (κ2) is 7.18. The molecule has 21 heavy (non-hydrogen) atoms. The van der Waals surface area contributed by atoms with Crippen molar-refractivity contribution in [1.82, 2.24) is 0 Å². The summed E-state index contributed by atoms with van der Waals surface area (Å²) in [6.45, 7) is 2.05. The highest BCUT2D eigenvalue weighted by Gasteiger charge is 2.12. The number of benzene rings is 2. The molecule has 4 heteroatoms. The predicted molar refractivity (Wildman–Crippen MR) is 90.7 cm³/mol. The van der Waals surface area contributed by atoms with Crippen molar-refractivity contribution in [3.05, 3.63) is 54.1 Å². The molecular weight excluding hydrogens is 280 g/mol. The minimum absolute atomic E-state index is 0.0285. The molecule has 1 atom stereocenters. The molecule has 0 fully saturated rings. The van der Waals surface area contributed by atoms with E-state index in [4.69, 9.17) is 5.73 Å². The molecule has 0 aliphatic rings. The number of nitrogens with two attached hydrogens (primary N) is 1. The lowest BCUT2D eigenvalue weighted by atomic mass is 9.97. The number of hydrogen-bond donors (Lipinski definition) is 2. The molecule has 0 aliphatic heterocycles. The zero-order valence-corrected chi connectivity index (χ0v) is 13.1. The standard InChI is InChI=1S/C17H20N2OS/c1-12(13-7-9-14(18)10-8-13)11-17(20)19-15-5-3-4-6-16(15)21-2/h3-10,12H,11,18H2,1-2H3,(H,19,20). The van der Waals surface area contributed by atoms with E-state index in [1.807, 2.05) is 61.7 Å². The zero-order chi connectivity index (χ0) is 15.2. The summed E-state index contributed by atoms with van der Waals surface area (Å²) < 4.78 is 0. The van der Waals surface area contributed by atoms with E-state index >= 15 is 0 Å². The van der Waals surface area contributed by atoms with Crippen molar-refractivity contribution in [2.75, 3.05) is 17.3 Å². The zero-order valence-electron chi connectivity index (χ0n) is 12.3. The molecule has 0 spiro atoms. The van der Waals surface area contributed by atoms with E-state index in [1.54, 1.807) is 11.8 Å². The molecule has 110 valence electrons. The molecule has 0 saturated carbocycles. The van der Waals surface area contributed by atoms with Crippen molar-refractivity contribution in [3.63, 3.8) is 0 Å². The van der Waals surface area contributed by atoms with Crippen molar-refractivity contribution in [2.24, 2.45) is 0 Å². The summed E-state index contributed by atoms with van der Waals surface area (Å²) in [5.41, 5.74) is 8.42. The third kappa shape index (κ3) is 4.26. The average Bonchev–Trinajstić information content (AvgIpc) is 2.48. The Bertz CT molecular complexity index is 610. The Morgan fingerprint density at radius 3 is 2.52 bits per heavy atom. The average molecular weight is 300 g/mol. The SMILES string of the molecule is CSc1ccccc1NC(=O)CC(C)c1ccc(N)cc1. The third-order valence-corrected chi connectivity index (χ3v) is 4.17. The highest BCUT2D eigenvalue weighted by atomic mass is 32.2. The third-order valence-electron chi connectivity index (χ3n) is 3.38. The fourth-order valence-electron chi connectivity index (χ4n) is 2.17. The first-order valence-corrected chi connectivity index (χ1v) is 8.11. The van der Waals surface area contributed by atoms with Gasteiger partial charge in [0, 0.05) is 17.0 Å². The number of anilines is 2. The number of thioether (sulfide) groups is 1. The van der Waals surface area contributed by atoms with Crippen LogP contribution >= 0.6 is 11.8 Å². The van der Waals surface area contributed by atoms with Crippen LogP contribution < -0.4 is 11.1 Å². The molecule has 2 aromatic carbocycles. The summed E-state index contributed by atoms with van der Waals surface area (Å²) in [4.78, 5) is 13.3. The van der Waals surface area contributed by atoms with E-state index in [9.17, 15) is 4.79 Å². The Morgan fingerprint density at radius 1 is 1.19 bits per heavy atom. The molecule has 0 bridgehead atoms. The summed E-state index contributed by atoms with van der Waals surface area (Å²) in [6.07, 6.45) is 2.45. The van der Waals surface area contributed by atoms with Crippen molar-refractivity contribution in [1.29, 1.82) is 0 Å². The summed E-state index contributed by atoms with van der Waals surface area (Å²) in [6, 6.07) is 15.5. The fraction of sp³-hybridized carbons (Fsp3) is 0.235. The van der Waals surface area contributed by atoms with Crippen molar-refractivity contribution < 1.29 is 4.79 Å². The Labute approximate surface area is 129 Å². The van der Waals surface area contributed by atoms with Gasteiger partial charge in [0.15, 0.2) is 0 Å². The maximum Gasteiger partial charge on any atom is 0.225 e. The minimum atomic E-state index is 0.0285. The first-order valence-electron chi connectivity index (χ1n) is 6.88. The van der Waals surface area contributed by atoms with Crippen LogP contribution in [-0.4, -0.2) is 12.2 Å². The highest BCUT2D eigenvalue weighted by Crippen LogP contribution is 2.26. The molecule has 3 N–H and O–H groups in total. The molecular formula is C17H20N2OS. The van der Waals surface area contributed by atoms with E-state index in [0.717, 1.165) is 21.8 Å². The lowest BCUT2D eigenvalue weighted by Crippen LogP contribution is -2.14. The maximum atomic E-state index is 12.2. The van der Waals surface area contributed by atoms with Crippen molar-refractivity contribution >= 4 is 29.0 Å². The molecule has 3 nitrogen and oxygen atoms in total. The van der Waals surface area contributed by atoms with Gasteiger partial charge >= 0.3 is 0 Å². The first-order chi connectivity index (χ1) is 10.1. The Hall–Kier alpha value is -1.94. The molecule has 0 aromatic heterocycles. The number of carbonyl (C=O) groups excluding carboxylic acids is 1. The van der Waals surface area contributed by atoms with Crippen LogP contribution in [0, 0.1) is 0 Å². The number of amides is 1. The molecule has 1 unspecified atom stereocenters. The normalized spacial score (nSPS) is 11.9. The number of hydrogen-bond acceptors (Lipinski definition) is 3. The van der Waals surface area contributed by atoms with E-state index < -0.39 is 0 Å². The van der Waals surface area contributed by atoms with Gasteiger partial charge < -0.3 is 11.1 Å². The number of nitrogens with one attached hydrogen (secondary N) is 1. The van der Waals surface area contributed by atoms with Crippen molar-refractivity contribution in [2.45, 2.75) is 24.2 Å². The summed E-state index contributed by atoms with van der Waals surface area (Å²) in [7, 11) is 0. The number of rotatable bonds is 5. The van der Waals surface area contributed by atoms with E-state index in [-0.39, 0.29) is 11.8 Å². The largest absolute Gasteiger partial charge is 0.399 e. The molecule has 0 aliphatic carbocycles. The van der Waals surface area contributed by atoms with Gasteiger partial charge in [0.2, 0.25) is 5.91 Å². The van der Waals surface area contributed by atoms with Crippen LogP contribution in [0.25, 0.3) is 0 Å². The first kappa shape index (κ1) is 15.4. The predicted octanol–water partition coefficient (Wildman–Crippen LogP) is 4.12. The van der Waals surface area contributed by atoms with Crippen LogP contribution in [0.4, 0.5) is 11.4 Å². The van der Waals surface area contributed by atoms with Gasteiger partial charge in [-0.15, -0.1) is 11.8 Å². The smallest absolute Gasteiger partial charge is 0.225 e. The fourth-order valence-corrected chi connectivity index (χ4v) is 2.72. The Balaban J connectivity index is 1.99. The van der Waals surface area contributed by atoms with Crippen molar-refractivity contribution in [3.8, 4) is 0 Å². The van der Waals surface area contributed by atoms with Gasteiger partial charge in [-0.1, -0.05) is 31.2 Å². The Kier molecular flexibility index (Phi) is 5.28. The summed E-state index contributed by atoms with van der Waals surface area (Å²) in [5.74, 6) is 0.188. The van der Waals surface area contributed by atoms with Gasteiger partial charge in [0.1, 0.15) is 0 Å². The van der Waals surface area contributed by atoms with Crippen LogP contribution in [0.15, 0.2) is 53.4 Å². The molecule has 1 amide bonds. The second-order valence-electron chi connectivity index (χ2n) is 5.02. The van der Waals surface area contributed by atoms with Gasteiger partial charge in [-0.05, 0) is 42.0 Å². The minimum Gasteiger partial charge on any atom is -0.399 e. The summed E-state index contributed by atoms with van der Waals surface area (Å²) in [5, 5.41) is 2.99. The number of carbonyl (C=O) groups is 1. The molecule has 0 heterocycles. The monoisotopic (exact) mass is 300 g/mol. The maximum absolute atomic E-state index is 12.2.